The topological polar surface area (TPSA) is 30.5 Å². The van der Waals surface area contributed by atoms with Crippen LogP contribution in [-0.4, -0.2) is 19.8 Å². The number of hydrogen-bond acceptors (Lipinski definition) is 3. The molecule has 1 atom stereocenters. The Balaban J connectivity index is 1.53. The lowest BCUT2D eigenvalue weighted by atomic mass is 9.98. The zero-order chi connectivity index (χ0) is 14.5. The fourth-order valence-electron chi connectivity index (χ4n) is 2.53. The average Bonchev–Trinajstić information content (AvgIpc) is 2.55. The van der Waals surface area contributed by atoms with Gasteiger partial charge in [-0.25, -0.2) is 0 Å². The molecule has 0 saturated carbocycles. The second-order valence-corrected chi connectivity index (χ2v) is 5.39. The molecule has 0 radical (unpaired) electrons. The molecule has 2 aromatic carbocycles. The van der Waals surface area contributed by atoms with Crippen molar-refractivity contribution in [3.63, 3.8) is 0 Å². The van der Waals surface area contributed by atoms with E-state index in [1.807, 2.05) is 18.2 Å². The van der Waals surface area contributed by atoms with Crippen LogP contribution in [0.15, 0.2) is 48.5 Å². The monoisotopic (exact) mass is 283 g/mol. The minimum atomic E-state index is 0.552. The Labute approximate surface area is 125 Å². The lowest BCUT2D eigenvalue weighted by Gasteiger charge is -2.19. The van der Waals surface area contributed by atoms with Crippen molar-refractivity contribution in [2.45, 2.75) is 19.3 Å². The molecule has 110 valence electrons. The van der Waals surface area contributed by atoms with Gasteiger partial charge in [0.05, 0.1) is 0 Å². The number of nitrogens with one attached hydrogen (secondary N) is 1. The number of benzene rings is 2. The SMILES string of the molecule is CC(CCNc1ccc2c(c1)OCCO2)c1ccccc1. The molecule has 0 spiro atoms. The summed E-state index contributed by atoms with van der Waals surface area (Å²) >= 11 is 0. The van der Waals surface area contributed by atoms with Gasteiger partial charge < -0.3 is 14.8 Å². The quantitative estimate of drug-likeness (QED) is 0.897. The summed E-state index contributed by atoms with van der Waals surface area (Å²) in [5, 5.41) is 3.46. The second kappa shape index (κ2) is 6.53. The Kier molecular flexibility index (Phi) is 4.29. The lowest BCUT2D eigenvalue weighted by Crippen LogP contribution is -2.15. The van der Waals surface area contributed by atoms with E-state index in [0.717, 1.165) is 30.2 Å². The molecule has 0 bridgehead atoms. The molecule has 0 fully saturated rings. The smallest absolute Gasteiger partial charge is 0.163 e. The first-order chi connectivity index (χ1) is 10.3. The summed E-state index contributed by atoms with van der Waals surface area (Å²) in [6.07, 6.45) is 1.10. The van der Waals surface area contributed by atoms with Gasteiger partial charge >= 0.3 is 0 Å². The molecule has 0 aliphatic carbocycles. The highest BCUT2D eigenvalue weighted by Crippen LogP contribution is 2.32. The largest absolute Gasteiger partial charge is 0.486 e. The molecule has 3 nitrogen and oxygen atoms in total. The van der Waals surface area contributed by atoms with E-state index in [9.17, 15) is 0 Å². The van der Waals surface area contributed by atoms with Crippen molar-refractivity contribution in [1.29, 1.82) is 0 Å². The first-order valence-electron chi connectivity index (χ1n) is 7.51. The average molecular weight is 283 g/mol. The Bertz CT molecular complexity index is 583. The van der Waals surface area contributed by atoms with Crippen molar-refractivity contribution in [3.8, 4) is 11.5 Å². The fraction of sp³-hybridized carbons (Fsp3) is 0.333. The van der Waals surface area contributed by atoms with Crippen molar-refractivity contribution < 1.29 is 9.47 Å². The summed E-state index contributed by atoms with van der Waals surface area (Å²) in [6, 6.07) is 16.7. The molecule has 2 aromatic rings. The van der Waals surface area contributed by atoms with Crippen LogP contribution in [0.4, 0.5) is 5.69 Å². The number of fused-ring (bicyclic) bond motifs is 1. The maximum absolute atomic E-state index is 5.60. The van der Waals surface area contributed by atoms with Crippen LogP contribution in [0.2, 0.25) is 0 Å². The summed E-state index contributed by atoms with van der Waals surface area (Å²) in [7, 11) is 0. The van der Waals surface area contributed by atoms with E-state index >= 15 is 0 Å². The van der Waals surface area contributed by atoms with Gasteiger partial charge in [0, 0.05) is 18.3 Å². The third-order valence-electron chi connectivity index (χ3n) is 3.82. The molecule has 1 unspecified atom stereocenters. The summed E-state index contributed by atoms with van der Waals surface area (Å²) in [6.45, 7) is 4.46. The summed E-state index contributed by atoms with van der Waals surface area (Å²) < 4.78 is 11.1. The van der Waals surface area contributed by atoms with Gasteiger partial charge in [-0.15, -0.1) is 0 Å². The Morgan fingerprint density at radius 2 is 1.76 bits per heavy atom. The zero-order valence-electron chi connectivity index (χ0n) is 12.3. The third-order valence-corrected chi connectivity index (χ3v) is 3.82. The highest BCUT2D eigenvalue weighted by Gasteiger charge is 2.11. The fourth-order valence-corrected chi connectivity index (χ4v) is 2.53. The lowest BCUT2D eigenvalue weighted by molar-refractivity contribution is 0.171. The van der Waals surface area contributed by atoms with Crippen LogP contribution in [0.5, 0.6) is 11.5 Å². The highest BCUT2D eigenvalue weighted by atomic mass is 16.6. The van der Waals surface area contributed by atoms with Crippen molar-refractivity contribution >= 4 is 5.69 Å². The van der Waals surface area contributed by atoms with E-state index in [0.29, 0.717) is 19.1 Å². The van der Waals surface area contributed by atoms with Crippen molar-refractivity contribution in [3.05, 3.63) is 54.1 Å². The van der Waals surface area contributed by atoms with Crippen LogP contribution in [0, 0.1) is 0 Å². The number of ether oxygens (including phenoxy) is 2. The first kappa shape index (κ1) is 13.8. The number of hydrogen-bond donors (Lipinski definition) is 1. The van der Waals surface area contributed by atoms with Gasteiger partial charge in [-0.2, -0.15) is 0 Å². The minimum absolute atomic E-state index is 0.552. The van der Waals surface area contributed by atoms with Gasteiger partial charge in [-0.1, -0.05) is 37.3 Å². The van der Waals surface area contributed by atoms with Gasteiger partial charge in [0.15, 0.2) is 11.5 Å². The van der Waals surface area contributed by atoms with Crippen LogP contribution in [-0.2, 0) is 0 Å². The molecule has 0 saturated heterocycles. The Hall–Kier alpha value is -2.16. The van der Waals surface area contributed by atoms with Crippen LogP contribution >= 0.6 is 0 Å². The van der Waals surface area contributed by atoms with Gasteiger partial charge in [0.2, 0.25) is 0 Å². The standard InChI is InChI=1S/C18H21NO2/c1-14(15-5-3-2-4-6-15)9-10-19-16-7-8-17-18(13-16)21-12-11-20-17/h2-8,13-14,19H,9-12H2,1H3. The van der Waals surface area contributed by atoms with Crippen molar-refractivity contribution in [2.24, 2.45) is 0 Å². The van der Waals surface area contributed by atoms with Gasteiger partial charge in [-0.05, 0) is 30.0 Å². The molecule has 0 aromatic heterocycles. The van der Waals surface area contributed by atoms with Crippen LogP contribution in [0.3, 0.4) is 0 Å². The first-order valence-corrected chi connectivity index (χ1v) is 7.51. The molecule has 21 heavy (non-hydrogen) atoms. The minimum Gasteiger partial charge on any atom is -0.486 e. The van der Waals surface area contributed by atoms with Gasteiger partial charge in [0.25, 0.3) is 0 Å². The molecule has 1 N–H and O–H groups in total. The maximum atomic E-state index is 5.60. The van der Waals surface area contributed by atoms with Crippen molar-refractivity contribution in [1.82, 2.24) is 0 Å². The normalized spacial score (nSPS) is 14.5. The summed E-state index contributed by atoms with van der Waals surface area (Å²) in [5.41, 5.74) is 2.47. The van der Waals surface area contributed by atoms with Crippen molar-refractivity contribution in [2.75, 3.05) is 25.1 Å². The molecule has 1 aliphatic rings. The molecule has 0 amide bonds. The molecule has 1 aliphatic heterocycles. The molecule has 1 heterocycles. The van der Waals surface area contributed by atoms with E-state index in [1.54, 1.807) is 0 Å². The summed E-state index contributed by atoms with van der Waals surface area (Å²) in [4.78, 5) is 0. The van der Waals surface area contributed by atoms with E-state index < -0.39 is 0 Å². The van der Waals surface area contributed by atoms with Gasteiger partial charge in [0.1, 0.15) is 13.2 Å². The summed E-state index contributed by atoms with van der Waals surface area (Å²) in [5.74, 6) is 2.22. The molecule has 3 heteroatoms. The highest BCUT2D eigenvalue weighted by molar-refractivity contribution is 5.55. The zero-order valence-corrected chi connectivity index (χ0v) is 12.3. The molecular weight excluding hydrogens is 262 g/mol. The Morgan fingerprint density at radius 1 is 1.00 bits per heavy atom. The third kappa shape index (κ3) is 3.48. The Morgan fingerprint density at radius 3 is 2.57 bits per heavy atom. The van der Waals surface area contributed by atoms with Crippen LogP contribution < -0.4 is 14.8 Å². The predicted octanol–water partition coefficient (Wildman–Crippen LogP) is 4.06. The van der Waals surface area contributed by atoms with Gasteiger partial charge in [-0.3, -0.25) is 0 Å². The maximum Gasteiger partial charge on any atom is 0.163 e. The molecule has 3 rings (SSSR count). The number of rotatable bonds is 5. The van der Waals surface area contributed by atoms with Crippen LogP contribution in [0.25, 0.3) is 0 Å². The van der Waals surface area contributed by atoms with E-state index in [1.165, 1.54) is 5.56 Å². The van der Waals surface area contributed by atoms with E-state index in [2.05, 4.69) is 42.6 Å². The van der Waals surface area contributed by atoms with Crippen LogP contribution in [0.1, 0.15) is 24.8 Å². The molecular formula is C18H21NO2. The number of anilines is 1. The van der Waals surface area contributed by atoms with E-state index in [-0.39, 0.29) is 0 Å². The second-order valence-electron chi connectivity index (χ2n) is 5.39. The predicted molar refractivity (Wildman–Crippen MR) is 85.4 cm³/mol. The van der Waals surface area contributed by atoms with E-state index in [4.69, 9.17) is 9.47 Å².